The lowest BCUT2D eigenvalue weighted by Gasteiger charge is -2.24. The minimum Gasteiger partial charge on any atom is -0.309 e. The topological polar surface area (TPSA) is 12.0 Å². The number of thioether (sulfide) groups is 1. The van der Waals surface area contributed by atoms with Gasteiger partial charge in [-0.15, -0.1) is 11.8 Å². The number of rotatable bonds is 4. The lowest BCUT2D eigenvalue weighted by atomic mass is 9.98. The summed E-state index contributed by atoms with van der Waals surface area (Å²) in [5.41, 5.74) is 2.05. The van der Waals surface area contributed by atoms with E-state index < -0.39 is 0 Å². The summed E-state index contributed by atoms with van der Waals surface area (Å²) in [5, 5.41) is 4.17. The maximum atomic E-state index is 14.3. The Morgan fingerprint density at radius 2 is 2.14 bits per heavy atom. The number of benzene rings is 2. The highest BCUT2D eigenvalue weighted by molar-refractivity contribution is 8.00. The quantitative estimate of drug-likeness (QED) is 0.864. The summed E-state index contributed by atoms with van der Waals surface area (Å²) in [6.45, 7) is 2.85. The Bertz CT molecular complexity index is 621. The summed E-state index contributed by atoms with van der Waals surface area (Å²) >= 11 is 7.70. The van der Waals surface area contributed by atoms with E-state index in [2.05, 4.69) is 29.6 Å². The molecule has 0 spiro atoms. The molecule has 0 fully saturated rings. The van der Waals surface area contributed by atoms with Gasteiger partial charge in [0.25, 0.3) is 0 Å². The highest BCUT2D eigenvalue weighted by atomic mass is 35.5. The van der Waals surface area contributed by atoms with Gasteiger partial charge in [0.2, 0.25) is 0 Å². The molecule has 0 aliphatic carbocycles. The van der Waals surface area contributed by atoms with E-state index in [9.17, 15) is 4.39 Å². The number of hydrogen-bond donors (Lipinski definition) is 1. The smallest absolute Gasteiger partial charge is 0.129 e. The molecule has 4 heteroatoms. The molecular formula is C17H17ClFNS. The summed E-state index contributed by atoms with van der Waals surface area (Å²) in [7, 11) is 0. The minimum absolute atomic E-state index is 0.00957. The molecule has 1 N–H and O–H groups in total. The van der Waals surface area contributed by atoms with Crippen molar-refractivity contribution in [1.82, 2.24) is 5.32 Å². The molecular weight excluding hydrogens is 305 g/mol. The van der Waals surface area contributed by atoms with Gasteiger partial charge in [0.1, 0.15) is 5.82 Å². The highest BCUT2D eigenvalue weighted by Crippen LogP contribution is 2.43. The largest absolute Gasteiger partial charge is 0.309 e. The van der Waals surface area contributed by atoms with Crippen molar-refractivity contribution < 1.29 is 4.39 Å². The highest BCUT2D eigenvalue weighted by Gasteiger charge is 2.31. The van der Waals surface area contributed by atoms with Crippen LogP contribution in [0.1, 0.15) is 24.1 Å². The van der Waals surface area contributed by atoms with Crippen molar-refractivity contribution in [3.8, 4) is 0 Å². The van der Waals surface area contributed by atoms with E-state index in [4.69, 9.17) is 11.6 Å². The van der Waals surface area contributed by atoms with Crippen LogP contribution in [0, 0.1) is 5.82 Å². The number of halogens is 2. The van der Waals surface area contributed by atoms with Crippen molar-refractivity contribution in [2.45, 2.75) is 29.5 Å². The lowest BCUT2D eigenvalue weighted by molar-refractivity contribution is 0.498. The van der Waals surface area contributed by atoms with E-state index >= 15 is 0 Å². The summed E-state index contributed by atoms with van der Waals surface area (Å²) in [5.74, 6) is -0.231. The number of nitrogens with one attached hydrogen (secondary N) is 1. The predicted molar refractivity (Wildman–Crippen MR) is 87.6 cm³/mol. The van der Waals surface area contributed by atoms with Gasteiger partial charge in [-0.2, -0.15) is 0 Å². The third-order valence-corrected chi connectivity index (χ3v) is 5.39. The first-order valence-electron chi connectivity index (χ1n) is 7.12. The molecule has 2 unspecified atom stereocenters. The molecule has 0 saturated heterocycles. The molecule has 0 bridgehead atoms. The fourth-order valence-electron chi connectivity index (χ4n) is 2.81. The molecule has 21 heavy (non-hydrogen) atoms. The number of hydrogen-bond acceptors (Lipinski definition) is 2. The van der Waals surface area contributed by atoms with E-state index in [0.717, 1.165) is 13.0 Å². The third-order valence-electron chi connectivity index (χ3n) is 3.77. The molecule has 2 aromatic carbocycles. The van der Waals surface area contributed by atoms with Crippen LogP contribution in [0.25, 0.3) is 0 Å². The van der Waals surface area contributed by atoms with E-state index in [-0.39, 0.29) is 11.9 Å². The van der Waals surface area contributed by atoms with Gasteiger partial charge in [0.05, 0.1) is 0 Å². The molecule has 0 aromatic heterocycles. The van der Waals surface area contributed by atoms with Crippen molar-refractivity contribution in [2.24, 2.45) is 0 Å². The molecule has 110 valence electrons. The zero-order valence-corrected chi connectivity index (χ0v) is 13.3. The average Bonchev–Trinajstić information content (AvgIpc) is 2.89. The Balaban J connectivity index is 1.89. The van der Waals surface area contributed by atoms with Gasteiger partial charge in [0, 0.05) is 26.8 Å². The molecule has 3 rings (SSSR count). The van der Waals surface area contributed by atoms with Crippen LogP contribution in [-0.2, 0) is 6.42 Å². The molecule has 0 radical (unpaired) electrons. The van der Waals surface area contributed by atoms with Gasteiger partial charge in [-0.05, 0) is 36.7 Å². The molecule has 2 atom stereocenters. The summed E-state index contributed by atoms with van der Waals surface area (Å²) in [6.07, 6.45) is 0.959. The zero-order valence-electron chi connectivity index (χ0n) is 11.8. The average molecular weight is 322 g/mol. The van der Waals surface area contributed by atoms with Gasteiger partial charge in [-0.25, -0.2) is 4.39 Å². The van der Waals surface area contributed by atoms with Crippen LogP contribution >= 0.6 is 23.4 Å². The van der Waals surface area contributed by atoms with Gasteiger partial charge >= 0.3 is 0 Å². The van der Waals surface area contributed by atoms with Crippen LogP contribution in [0.3, 0.4) is 0 Å². The van der Waals surface area contributed by atoms with Crippen molar-refractivity contribution in [3.05, 3.63) is 64.4 Å². The second kappa shape index (κ2) is 6.39. The Labute approximate surface area is 133 Å². The van der Waals surface area contributed by atoms with Crippen molar-refractivity contribution >= 4 is 23.4 Å². The first-order chi connectivity index (χ1) is 10.2. The second-order valence-corrected chi connectivity index (χ2v) is 6.89. The van der Waals surface area contributed by atoms with Crippen LogP contribution in [0.5, 0.6) is 0 Å². The van der Waals surface area contributed by atoms with Gasteiger partial charge in [0.15, 0.2) is 0 Å². The van der Waals surface area contributed by atoms with Gasteiger partial charge < -0.3 is 5.32 Å². The summed E-state index contributed by atoms with van der Waals surface area (Å²) in [6, 6.07) is 13.4. The maximum absolute atomic E-state index is 14.3. The molecule has 1 nitrogen and oxygen atoms in total. The van der Waals surface area contributed by atoms with Crippen LogP contribution < -0.4 is 5.32 Å². The van der Waals surface area contributed by atoms with E-state index in [1.165, 1.54) is 16.5 Å². The minimum atomic E-state index is -0.231. The fourth-order valence-corrected chi connectivity index (χ4v) is 4.40. The summed E-state index contributed by atoms with van der Waals surface area (Å²) < 4.78 is 14.3. The number of fused-ring (bicyclic) bond motifs is 1. The summed E-state index contributed by atoms with van der Waals surface area (Å²) in [4.78, 5) is 1.31. The van der Waals surface area contributed by atoms with Crippen molar-refractivity contribution in [1.29, 1.82) is 0 Å². The monoisotopic (exact) mass is 321 g/mol. The van der Waals surface area contributed by atoms with Crippen LogP contribution in [-0.4, -0.2) is 11.8 Å². The molecule has 2 aromatic rings. The van der Waals surface area contributed by atoms with Crippen LogP contribution in [0.2, 0.25) is 5.02 Å². The fraction of sp³-hybridized carbons (Fsp3) is 0.294. The maximum Gasteiger partial charge on any atom is 0.129 e. The Hall–Kier alpha value is -1.03. The normalized spacial score (nSPS) is 18.5. The van der Waals surface area contributed by atoms with Gasteiger partial charge in [-0.3, -0.25) is 0 Å². The van der Waals surface area contributed by atoms with Crippen molar-refractivity contribution in [3.63, 3.8) is 0 Å². The van der Waals surface area contributed by atoms with Crippen LogP contribution in [0.15, 0.2) is 47.4 Å². The Morgan fingerprint density at radius 1 is 1.33 bits per heavy atom. The van der Waals surface area contributed by atoms with E-state index in [0.29, 0.717) is 15.8 Å². The van der Waals surface area contributed by atoms with Crippen LogP contribution in [0.4, 0.5) is 4.39 Å². The Kier molecular flexibility index (Phi) is 4.53. The standard InChI is InChI=1S/C17H17ClFNS/c1-2-20-17(13-8-7-12(18)10-14(13)19)16-9-11-5-3-4-6-15(11)21-16/h3-8,10,16-17,20H,2,9H2,1H3. The van der Waals surface area contributed by atoms with E-state index in [1.807, 2.05) is 18.7 Å². The molecule has 1 aliphatic rings. The second-order valence-electron chi connectivity index (χ2n) is 5.17. The SMILES string of the molecule is CCNC(c1ccc(Cl)cc1F)C1Cc2ccccc2S1. The molecule has 1 heterocycles. The molecule has 0 amide bonds. The lowest BCUT2D eigenvalue weighted by Crippen LogP contribution is -2.30. The van der Waals surface area contributed by atoms with Crippen molar-refractivity contribution in [2.75, 3.05) is 6.54 Å². The molecule has 0 saturated carbocycles. The zero-order chi connectivity index (χ0) is 14.8. The van der Waals surface area contributed by atoms with Gasteiger partial charge in [-0.1, -0.05) is 42.8 Å². The van der Waals surface area contributed by atoms with E-state index in [1.54, 1.807) is 12.1 Å². The third kappa shape index (κ3) is 3.10. The molecule has 1 aliphatic heterocycles. The Morgan fingerprint density at radius 3 is 2.86 bits per heavy atom. The first kappa shape index (κ1) is 14.9. The predicted octanol–water partition coefficient (Wildman–Crippen LogP) is 4.85. The first-order valence-corrected chi connectivity index (χ1v) is 8.37.